The summed E-state index contributed by atoms with van der Waals surface area (Å²) in [4.78, 5) is 33.6. The van der Waals surface area contributed by atoms with Gasteiger partial charge in [-0.05, 0) is 50.1 Å². The Morgan fingerprint density at radius 2 is 1.59 bits per heavy atom. The highest BCUT2D eigenvalue weighted by atomic mass is 16.6. The number of aromatic nitrogens is 2. The average molecular weight is 433 g/mol. The summed E-state index contributed by atoms with van der Waals surface area (Å²) in [6, 6.07) is 16.9. The van der Waals surface area contributed by atoms with Crippen LogP contribution in [0.2, 0.25) is 0 Å². The number of hydrogen-bond donors (Lipinski definition) is 2. The minimum atomic E-state index is -0.576. The smallest absolute Gasteiger partial charge is 0.407 e. The van der Waals surface area contributed by atoms with Gasteiger partial charge in [0, 0.05) is 43.2 Å². The number of hydrogen-bond acceptors (Lipinski definition) is 5. The summed E-state index contributed by atoms with van der Waals surface area (Å²) in [5.74, 6) is -0.258. The highest BCUT2D eigenvalue weighted by Gasteiger charge is 2.18. The summed E-state index contributed by atoms with van der Waals surface area (Å²) >= 11 is 0. The molecule has 1 aromatic carbocycles. The Hall–Kier alpha value is -3.74. The van der Waals surface area contributed by atoms with Crippen LogP contribution in [0, 0.1) is 0 Å². The molecule has 3 aromatic rings. The number of nitrogens with zero attached hydrogens (tertiary/aromatic N) is 2. The molecule has 0 aliphatic rings. The van der Waals surface area contributed by atoms with E-state index >= 15 is 0 Å². The molecule has 0 unspecified atom stereocenters. The van der Waals surface area contributed by atoms with Crippen LogP contribution in [0.25, 0.3) is 11.1 Å². The van der Waals surface area contributed by atoms with Crippen LogP contribution in [-0.4, -0.2) is 34.1 Å². The molecule has 0 aliphatic carbocycles. The summed E-state index contributed by atoms with van der Waals surface area (Å²) in [6.45, 7) is 6.16. The number of alkyl carbamates (subject to hydrolysis) is 1. The van der Waals surface area contributed by atoms with E-state index in [2.05, 4.69) is 20.6 Å². The van der Waals surface area contributed by atoms with Crippen LogP contribution in [0.3, 0.4) is 0 Å². The number of nitrogens with one attached hydrogen (secondary N) is 2. The monoisotopic (exact) mass is 432 g/mol. The predicted octanol–water partition coefficient (Wildman–Crippen LogP) is 4.14. The minimum absolute atomic E-state index is 0.258. The molecular weight excluding hydrogens is 404 g/mol. The Morgan fingerprint density at radius 3 is 2.34 bits per heavy atom. The molecule has 0 saturated heterocycles. The standard InChI is InChI=1S/C25H28N4O3/c1-25(2,3)32-24(31)29-17-18-9-4-5-11-20(18)21-12-8-15-27-22(21)23(30)28-16-13-19-10-6-7-14-26-19/h4-12,14-15H,13,16-17H2,1-3H3,(H,28,30)(H,29,31). The lowest BCUT2D eigenvalue weighted by molar-refractivity contribution is 0.0523. The molecule has 166 valence electrons. The van der Waals surface area contributed by atoms with Crippen molar-refractivity contribution in [1.82, 2.24) is 20.6 Å². The molecule has 2 aromatic heterocycles. The van der Waals surface area contributed by atoms with Gasteiger partial charge in [0.05, 0.1) is 0 Å². The zero-order valence-corrected chi connectivity index (χ0v) is 18.6. The molecule has 0 atom stereocenters. The fraction of sp³-hybridized carbons (Fsp3) is 0.280. The third-order valence-corrected chi connectivity index (χ3v) is 4.55. The zero-order chi connectivity index (χ0) is 23.0. The van der Waals surface area contributed by atoms with Crippen LogP contribution in [0.1, 0.15) is 42.5 Å². The van der Waals surface area contributed by atoms with Crippen molar-refractivity contribution in [2.24, 2.45) is 0 Å². The topological polar surface area (TPSA) is 93.2 Å². The fourth-order valence-corrected chi connectivity index (χ4v) is 3.16. The van der Waals surface area contributed by atoms with Gasteiger partial charge in [-0.3, -0.25) is 14.8 Å². The molecule has 32 heavy (non-hydrogen) atoms. The minimum Gasteiger partial charge on any atom is -0.444 e. The molecule has 0 aliphatic heterocycles. The van der Waals surface area contributed by atoms with E-state index in [0.29, 0.717) is 24.2 Å². The number of benzene rings is 1. The van der Waals surface area contributed by atoms with E-state index in [1.54, 1.807) is 18.5 Å². The molecule has 7 nitrogen and oxygen atoms in total. The number of amides is 2. The van der Waals surface area contributed by atoms with Gasteiger partial charge >= 0.3 is 6.09 Å². The van der Waals surface area contributed by atoms with Crippen molar-refractivity contribution in [1.29, 1.82) is 0 Å². The summed E-state index contributed by atoms with van der Waals surface area (Å²) in [5.41, 5.74) is 3.05. The van der Waals surface area contributed by atoms with E-state index in [1.807, 2.05) is 69.3 Å². The van der Waals surface area contributed by atoms with Gasteiger partial charge in [-0.25, -0.2) is 4.79 Å². The highest BCUT2D eigenvalue weighted by molar-refractivity contribution is 5.99. The van der Waals surface area contributed by atoms with Gasteiger partial charge in [0.2, 0.25) is 0 Å². The van der Waals surface area contributed by atoms with E-state index in [4.69, 9.17) is 4.74 Å². The molecule has 7 heteroatoms. The van der Waals surface area contributed by atoms with Crippen molar-refractivity contribution in [2.45, 2.75) is 39.3 Å². The quantitative estimate of drug-likeness (QED) is 0.585. The lowest BCUT2D eigenvalue weighted by Gasteiger charge is -2.20. The van der Waals surface area contributed by atoms with E-state index < -0.39 is 11.7 Å². The molecule has 0 fully saturated rings. The van der Waals surface area contributed by atoms with Gasteiger partial charge in [0.1, 0.15) is 11.3 Å². The predicted molar refractivity (Wildman–Crippen MR) is 123 cm³/mol. The first-order valence-electron chi connectivity index (χ1n) is 10.5. The first kappa shape index (κ1) is 22.9. The van der Waals surface area contributed by atoms with Crippen molar-refractivity contribution in [3.8, 4) is 11.1 Å². The van der Waals surface area contributed by atoms with E-state index in [0.717, 1.165) is 16.8 Å². The molecule has 3 rings (SSSR count). The Labute approximate surface area is 188 Å². The summed E-state index contributed by atoms with van der Waals surface area (Å²) in [7, 11) is 0. The number of carbonyl (C=O) groups is 2. The fourth-order valence-electron chi connectivity index (χ4n) is 3.16. The number of carbonyl (C=O) groups excluding carboxylic acids is 2. The van der Waals surface area contributed by atoms with Gasteiger partial charge in [-0.1, -0.05) is 36.4 Å². The summed E-state index contributed by atoms with van der Waals surface area (Å²) in [5, 5.41) is 5.70. The zero-order valence-electron chi connectivity index (χ0n) is 18.6. The van der Waals surface area contributed by atoms with Gasteiger partial charge in [0.25, 0.3) is 5.91 Å². The number of rotatable bonds is 7. The van der Waals surface area contributed by atoms with Crippen molar-refractivity contribution < 1.29 is 14.3 Å². The Bertz CT molecular complexity index is 1060. The lowest BCUT2D eigenvalue weighted by Crippen LogP contribution is -2.32. The normalized spacial score (nSPS) is 11.0. The second-order valence-corrected chi connectivity index (χ2v) is 8.24. The van der Waals surface area contributed by atoms with E-state index in [1.165, 1.54) is 0 Å². The van der Waals surface area contributed by atoms with Crippen LogP contribution in [0.5, 0.6) is 0 Å². The van der Waals surface area contributed by atoms with Crippen molar-refractivity contribution in [3.63, 3.8) is 0 Å². The largest absolute Gasteiger partial charge is 0.444 e. The maximum atomic E-state index is 12.9. The van der Waals surface area contributed by atoms with Crippen LogP contribution in [0.4, 0.5) is 4.79 Å². The first-order valence-corrected chi connectivity index (χ1v) is 10.5. The van der Waals surface area contributed by atoms with Crippen molar-refractivity contribution in [2.75, 3.05) is 6.54 Å². The van der Waals surface area contributed by atoms with E-state index in [9.17, 15) is 9.59 Å². The molecule has 2 N–H and O–H groups in total. The second kappa shape index (κ2) is 10.5. The second-order valence-electron chi connectivity index (χ2n) is 8.24. The Morgan fingerprint density at radius 1 is 0.875 bits per heavy atom. The SMILES string of the molecule is CC(C)(C)OC(=O)NCc1ccccc1-c1cccnc1C(=O)NCCc1ccccn1. The molecule has 2 amide bonds. The highest BCUT2D eigenvalue weighted by Crippen LogP contribution is 2.26. The van der Waals surface area contributed by atoms with Gasteiger partial charge in [-0.15, -0.1) is 0 Å². The van der Waals surface area contributed by atoms with Crippen LogP contribution < -0.4 is 10.6 Å². The van der Waals surface area contributed by atoms with Gasteiger partial charge in [0.15, 0.2) is 0 Å². The average Bonchev–Trinajstić information content (AvgIpc) is 2.77. The Kier molecular flexibility index (Phi) is 7.54. The first-order chi connectivity index (χ1) is 15.3. The number of pyridine rings is 2. The molecular formula is C25H28N4O3. The molecule has 2 heterocycles. The number of ether oxygens (including phenoxy) is 1. The van der Waals surface area contributed by atoms with Crippen LogP contribution in [0.15, 0.2) is 67.0 Å². The summed E-state index contributed by atoms with van der Waals surface area (Å²) in [6.07, 6.45) is 3.46. The van der Waals surface area contributed by atoms with Crippen LogP contribution in [-0.2, 0) is 17.7 Å². The molecule has 0 bridgehead atoms. The van der Waals surface area contributed by atoms with Gasteiger partial charge < -0.3 is 15.4 Å². The summed E-state index contributed by atoms with van der Waals surface area (Å²) < 4.78 is 5.32. The molecule has 0 saturated carbocycles. The van der Waals surface area contributed by atoms with E-state index in [-0.39, 0.29) is 12.5 Å². The molecule has 0 radical (unpaired) electrons. The lowest BCUT2D eigenvalue weighted by atomic mass is 9.98. The van der Waals surface area contributed by atoms with Gasteiger partial charge in [-0.2, -0.15) is 0 Å². The van der Waals surface area contributed by atoms with Crippen molar-refractivity contribution in [3.05, 3.63) is 83.9 Å². The third-order valence-electron chi connectivity index (χ3n) is 4.55. The maximum Gasteiger partial charge on any atom is 0.407 e. The third kappa shape index (κ3) is 6.63. The molecule has 0 spiro atoms. The van der Waals surface area contributed by atoms with Crippen LogP contribution >= 0.6 is 0 Å². The Balaban J connectivity index is 1.73. The maximum absolute atomic E-state index is 12.9. The van der Waals surface area contributed by atoms with Crippen molar-refractivity contribution >= 4 is 12.0 Å².